The quantitative estimate of drug-likeness (QED) is 0.800. The Labute approximate surface area is 149 Å². The van der Waals surface area contributed by atoms with Gasteiger partial charge < -0.3 is 10.6 Å². The van der Waals surface area contributed by atoms with E-state index in [1.807, 2.05) is 64.1 Å². The lowest BCUT2D eigenvalue weighted by atomic mass is 10.0. The molecule has 0 saturated heterocycles. The summed E-state index contributed by atoms with van der Waals surface area (Å²) in [5, 5.41) is 5.58. The number of hydrogen-bond acceptors (Lipinski definition) is 2. The molecule has 0 fully saturated rings. The van der Waals surface area contributed by atoms with E-state index >= 15 is 0 Å². The molecule has 0 heterocycles. The van der Waals surface area contributed by atoms with Crippen molar-refractivity contribution in [3.05, 3.63) is 58.7 Å². The maximum absolute atomic E-state index is 12.4. The first-order chi connectivity index (χ1) is 12.0. The first kappa shape index (κ1) is 18.7. The molecule has 0 aliphatic heterocycles. The number of benzene rings is 2. The number of nitrogens with one attached hydrogen (secondary N) is 2. The van der Waals surface area contributed by atoms with Gasteiger partial charge in [-0.05, 0) is 48.4 Å². The molecule has 2 rings (SSSR count). The van der Waals surface area contributed by atoms with Crippen LogP contribution in [0.1, 0.15) is 43.0 Å². The van der Waals surface area contributed by atoms with Gasteiger partial charge in [0.15, 0.2) is 0 Å². The Balaban J connectivity index is 2.22. The van der Waals surface area contributed by atoms with Gasteiger partial charge in [0.25, 0.3) is 0 Å². The van der Waals surface area contributed by atoms with E-state index in [2.05, 4.69) is 10.6 Å². The Bertz CT molecular complexity index is 759. The Hall–Kier alpha value is -2.62. The standard InChI is InChI=1S/C21H26N2O2/c1-5-15-11-8-10-14(4)18(15)22-20(24)21(25)23-19-16(6-2)12-9-13-17(19)7-3/h8-13H,5-7H2,1-4H3,(H,22,24)(H,23,25). The highest BCUT2D eigenvalue weighted by atomic mass is 16.2. The van der Waals surface area contributed by atoms with Gasteiger partial charge in [0.05, 0.1) is 0 Å². The highest BCUT2D eigenvalue weighted by molar-refractivity contribution is 6.44. The second kappa shape index (κ2) is 8.47. The molecule has 0 saturated carbocycles. The zero-order valence-electron chi connectivity index (χ0n) is 15.4. The van der Waals surface area contributed by atoms with Crippen LogP contribution in [0, 0.1) is 6.92 Å². The zero-order valence-corrected chi connectivity index (χ0v) is 15.4. The van der Waals surface area contributed by atoms with Crippen molar-refractivity contribution in [1.29, 1.82) is 0 Å². The molecule has 25 heavy (non-hydrogen) atoms. The molecule has 4 heteroatoms. The average molecular weight is 338 g/mol. The van der Waals surface area contributed by atoms with E-state index in [0.29, 0.717) is 0 Å². The molecule has 0 radical (unpaired) electrons. The Morgan fingerprint density at radius 3 is 1.60 bits per heavy atom. The molecule has 0 bridgehead atoms. The average Bonchev–Trinajstić information content (AvgIpc) is 2.63. The van der Waals surface area contributed by atoms with Crippen LogP contribution < -0.4 is 10.6 Å². The largest absolute Gasteiger partial charge is 0.317 e. The fraction of sp³-hybridized carbons (Fsp3) is 0.333. The van der Waals surface area contributed by atoms with Crippen molar-refractivity contribution in [3.8, 4) is 0 Å². The van der Waals surface area contributed by atoms with Gasteiger partial charge in [0.2, 0.25) is 0 Å². The highest BCUT2D eigenvalue weighted by Gasteiger charge is 2.18. The maximum Gasteiger partial charge on any atom is 0.314 e. The SMILES string of the molecule is CCc1cccc(C)c1NC(=O)C(=O)Nc1c(CC)cccc1CC. The summed E-state index contributed by atoms with van der Waals surface area (Å²) in [6.45, 7) is 8.01. The second-order valence-corrected chi connectivity index (χ2v) is 6.03. The van der Waals surface area contributed by atoms with E-state index in [9.17, 15) is 9.59 Å². The van der Waals surface area contributed by atoms with Crippen LogP contribution in [0.4, 0.5) is 11.4 Å². The number of amides is 2. The van der Waals surface area contributed by atoms with Crippen LogP contribution in [0.2, 0.25) is 0 Å². The zero-order chi connectivity index (χ0) is 18.4. The van der Waals surface area contributed by atoms with E-state index in [0.717, 1.165) is 52.9 Å². The highest BCUT2D eigenvalue weighted by Crippen LogP contribution is 2.24. The van der Waals surface area contributed by atoms with Gasteiger partial charge in [-0.2, -0.15) is 0 Å². The molecular formula is C21H26N2O2. The van der Waals surface area contributed by atoms with Crippen molar-refractivity contribution in [3.63, 3.8) is 0 Å². The Morgan fingerprint density at radius 1 is 0.720 bits per heavy atom. The van der Waals surface area contributed by atoms with Crippen molar-refractivity contribution in [2.75, 3.05) is 10.6 Å². The van der Waals surface area contributed by atoms with Crippen LogP contribution in [0.5, 0.6) is 0 Å². The predicted octanol–water partition coefficient (Wildman–Crippen LogP) is 4.26. The van der Waals surface area contributed by atoms with Gasteiger partial charge in [-0.25, -0.2) is 0 Å². The summed E-state index contributed by atoms with van der Waals surface area (Å²) in [6, 6.07) is 11.8. The van der Waals surface area contributed by atoms with Gasteiger partial charge in [0.1, 0.15) is 0 Å². The number of hydrogen-bond donors (Lipinski definition) is 2. The van der Waals surface area contributed by atoms with Gasteiger partial charge in [-0.3, -0.25) is 9.59 Å². The van der Waals surface area contributed by atoms with E-state index in [1.54, 1.807) is 0 Å². The predicted molar refractivity (Wildman–Crippen MR) is 103 cm³/mol. The van der Waals surface area contributed by atoms with Gasteiger partial charge in [0, 0.05) is 11.4 Å². The number of carbonyl (C=O) groups is 2. The third-order valence-corrected chi connectivity index (χ3v) is 4.42. The molecule has 0 spiro atoms. The summed E-state index contributed by atoms with van der Waals surface area (Å²) in [4.78, 5) is 24.9. The molecule has 2 N–H and O–H groups in total. The smallest absolute Gasteiger partial charge is 0.314 e. The summed E-state index contributed by atoms with van der Waals surface area (Å²) < 4.78 is 0. The molecule has 132 valence electrons. The van der Waals surface area contributed by atoms with E-state index in [-0.39, 0.29) is 0 Å². The topological polar surface area (TPSA) is 58.2 Å². The molecule has 0 aliphatic rings. The van der Waals surface area contributed by atoms with Crippen LogP contribution in [0.3, 0.4) is 0 Å². The minimum atomic E-state index is -0.642. The minimum absolute atomic E-state index is 0.638. The molecule has 0 atom stereocenters. The maximum atomic E-state index is 12.4. The number of carbonyl (C=O) groups excluding carboxylic acids is 2. The third-order valence-electron chi connectivity index (χ3n) is 4.42. The lowest BCUT2D eigenvalue weighted by molar-refractivity contribution is -0.133. The first-order valence-electron chi connectivity index (χ1n) is 8.83. The molecule has 0 aromatic heterocycles. The molecule has 2 aromatic rings. The van der Waals surface area contributed by atoms with Crippen molar-refractivity contribution >= 4 is 23.2 Å². The molecule has 0 unspecified atom stereocenters. The lowest BCUT2D eigenvalue weighted by Crippen LogP contribution is -2.30. The summed E-state index contributed by atoms with van der Waals surface area (Å²) in [7, 11) is 0. The molecule has 2 aromatic carbocycles. The number of para-hydroxylation sites is 2. The Kier molecular flexibility index (Phi) is 6.34. The number of anilines is 2. The van der Waals surface area contributed by atoms with Crippen molar-refractivity contribution in [1.82, 2.24) is 0 Å². The van der Waals surface area contributed by atoms with Crippen molar-refractivity contribution in [2.45, 2.75) is 47.0 Å². The van der Waals surface area contributed by atoms with Crippen LogP contribution in [0.15, 0.2) is 36.4 Å². The van der Waals surface area contributed by atoms with Crippen LogP contribution in [-0.4, -0.2) is 11.8 Å². The van der Waals surface area contributed by atoms with Crippen LogP contribution in [-0.2, 0) is 28.9 Å². The molecular weight excluding hydrogens is 312 g/mol. The first-order valence-corrected chi connectivity index (χ1v) is 8.83. The van der Waals surface area contributed by atoms with E-state index in [1.165, 1.54) is 0 Å². The van der Waals surface area contributed by atoms with E-state index in [4.69, 9.17) is 0 Å². The normalized spacial score (nSPS) is 10.4. The monoisotopic (exact) mass is 338 g/mol. The van der Waals surface area contributed by atoms with E-state index < -0.39 is 11.8 Å². The van der Waals surface area contributed by atoms with Crippen molar-refractivity contribution < 1.29 is 9.59 Å². The van der Waals surface area contributed by atoms with Gasteiger partial charge in [-0.1, -0.05) is 57.2 Å². The summed E-state index contributed by atoms with van der Waals surface area (Å²) in [5.41, 5.74) is 5.52. The fourth-order valence-corrected chi connectivity index (χ4v) is 2.95. The summed E-state index contributed by atoms with van der Waals surface area (Å²) >= 11 is 0. The third kappa shape index (κ3) is 4.27. The summed E-state index contributed by atoms with van der Waals surface area (Å²) in [6.07, 6.45) is 2.38. The molecule has 4 nitrogen and oxygen atoms in total. The fourth-order valence-electron chi connectivity index (χ4n) is 2.95. The lowest BCUT2D eigenvalue weighted by Gasteiger charge is -2.16. The van der Waals surface area contributed by atoms with Gasteiger partial charge >= 0.3 is 11.8 Å². The van der Waals surface area contributed by atoms with Crippen LogP contribution >= 0.6 is 0 Å². The summed E-state index contributed by atoms with van der Waals surface area (Å²) in [5.74, 6) is -1.28. The number of rotatable bonds is 5. The Morgan fingerprint density at radius 2 is 1.12 bits per heavy atom. The minimum Gasteiger partial charge on any atom is -0.317 e. The molecule has 2 amide bonds. The van der Waals surface area contributed by atoms with Crippen LogP contribution in [0.25, 0.3) is 0 Å². The molecule has 0 aliphatic carbocycles. The second-order valence-electron chi connectivity index (χ2n) is 6.03. The van der Waals surface area contributed by atoms with Crippen molar-refractivity contribution in [2.24, 2.45) is 0 Å². The number of aryl methyl sites for hydroxylation is 4. The van der Waals surface area contributed by atoms with Gasteiger partial charge in [-0.15, -0.1) is 0 Å².